The molecule has 0 unspecified atom stereocenters. The first-order valence-electron chi connectivity index (χ1n) is 16.8. The Kier molecular flexibility index (Phi) is 9.46. The minimum Gasteiger partial charge on any atom is -0.446 e. The smallest absolute Gasteiger partial charge is 0.407 e. The first-order chi connectivity index (χ1) is 21.9. The molecule has 238 valence electrons. The van der Waals surface area contributed by atoms with E-state index in [0.29, 0.717) is 23.3 Å². The summed E-state index contributed by atoms with van der Waals surface area (Å²) in [5.74, 6) is 2.78. The quantitative estimate of drug-likeness (QED) is 0.296. The van der Waals surface area contributed by atoms with Gasteiger partial charge in [0, 0.05) is 74.5 Å². The Labute approximate surface area is 268 Å². The fourth-order valence-corrected chi connectivity index (χ4v) is 8.57. The average Bonchev–Trinajstić information content (AvgIpc) is 3.72. The van der Waals surface area contributed by atoms with Crippen molar-refractivity contribution in [3.05, 3.63) is 83.9 Å². The number of anilines is 1. The van der Waals surface area contributed by atoms with E-state index in [1.165, 1.54) is 11.3 Å². The number of nitriles is 1. The molecule has 3 fully saturated rings. The minimum absolute atomic E-state index is 0.114. The summed E-state index contributed by atoms with van der Waals surface area (Å²) >= 11 is 0. The van der Waals surface area contributed by atoms with E-state index < -0.39 is 0 Å². The average molecular weight is 609 g/mol. The highest BCUT2D eigenvalue weighted by molar-refractivity contribution is 5.67. The molecule has 1 aliphatic carbocycles. The zero-order chi connectivity index (χ0) is 31.4. The zero-order valence-electron chi connectivity index (χ0n) is 27.1. The number of piperidine rings is 1. The van der Waals surface area contributed by atoms with Crippen LogP contribution in [0.1, 0.15) is 68.8 Å². The number of alkyl carbamates (subject to hydrolysis) is 1. The highest BCUT2D eigenvalue weighted by atomic mass is 16.6. The number of benzene rings is 2. The fraction of sp³-hybridized carbons (Fsp3) is 0.541. The van der Waals surface area contributed by atoms with Gasteiger partial charge in [-0.1, -0.05) is 44.2 Å². The molecule has 0 spiro atoms. The van der Waals surface area contributed by atoms with Crippen molar-refractivity contribution >= 4 is 11.8 Å². The van der Waals surface area contributed by atoms with Crippen LogP contribution >= 0.6 is 0 Å². The maximum atomic E-state index is 12.6. The van der Waals surface area contributed by atoms with Gasteiger partial charge in [-0.15, -0.1) is 0 Å². The number of hydrogen-bond acceptors (Lipinski definition) is 6. The van der Waals surface area contributed by atoms with Crippen molar-refractivity contribution in [1.82, 2.24) is 19.8 Å². The molecule has 3 heterocycles. The van der Waals surface area contributed by atoms with E-state index in [9.17, 15) is 4.79 Å². The van der Waals surface area contributed by atoms with Crippen LogP contribution in [-0.2, 0) is 16.7 Å². The van der Waals surface area contributed by atoms with Crippen LogP contribution in [0, 0.1) is 29.1 Å². The number of carbonyl (C=O) groups is 1. The van der Waals surface area contributed by atoms with Gasteiger partial charge in [-0.2, -0.15) is 5.26 Å². The maximum Gasteiger partial charge on any atom is 0.407 e. The summed E-state index contributed by atoms with van der Waals surface area (Å²) in [4.78, 5) is 22.4. The lowest BCUT2D eigenvalue weighted by molar-refractivity contribution is 0.00165. The predicted molar refractivity (Wildman–Crippen MR) is 177 cm³/mol. The van der Waals surface area contributed by atoms with Gasteiger partial charge in [-0.25, -0.2) is 9.78 Å². The summed E-state index contributed by atoms with van der Waals surface area (Å²) < 4.78 is 8.53. The summed E-state index contributed by atoms with van der Waals surface area (Å²) in [5, 5.41) is 11.8. The topological polar surface area (TPSA) is 86.4 Å². The second kappa shape index (κ2) is 13.7. The summed E-state index contributed by atoms with van der Waals surface area (Å²) in [5.41, 5.74) is 3.10. The first kappa shape index (κ1) is 31.2. The number of hydrogen-bond donors (Lipinski definition) is 1. The molecule has 1 N–H and O–H groups in total. The van der Waals surface area contributed by atoms with Gasteiger partial charge in [0.25, 0.3) is 0 Å². The zero-order valence-corrected chi connectivity index (χ0v) is 27.1. The van der Waals surface area contributed by atoms with E-state index in [2.05, 4.69) is 88.3 Å². The molecule has 1 aromatic heterocycles. The molecule has 2 saturated heterocycles. The molecule has 0 bridgehead atoms. The molecule has 3 aliphatic rings. The van der Waals surface area contributed by atoms with Crippen LogP contribution in [0.5, 0.6) is 0 Å². The lowest BCUT2D eigenvalue weighted by Gasteiger charge is -2.51. The van der Waals surface area contributed by atoms with Crippen molar-refractivity contribution in [3.63, 3.8) is 0 Å². The number of amides is 1. The van der Waals surface area contributed by atoms with Crippen molar-refractivity contribution in [2.75, 3.05) is 44.7 Å². The van der Waals surface area contributed by atoms with E-state index in [0.717, 1.165) is 77.2 Å². The van der Waals surface area contributed by atoms with Crippen LogP contribution in [0.4, 0.5) is 10.5 Å². The molecule has 45 heavy (non-hydrogen) atoms. The second-order valence-electron chi connectivity index (χ2n) is 13.7. The number of aromatic nitrogens is 2. The Balaban J connectivity index is 1.23. The summed E-state index contributed by atoms with van der Waals surface area (Å²) in [6, 6.07) is 21.3. The Bertz CT molecular complexity index is 1450. The predicted octanol–water partition coefficient (Wildman–Crippen LogP) is 6.19. The number of carbonyl (C=O) groups excluding carboxylic acids is 1. The third kappa shape index (κ3) is 6.46. The first-order valence-corrected chi connectivity index (χ1v) is 16.8. The molecule has 8 heteroatoms. The summed E-state index contributed by atoms with van der Waals surface area (Å²) in [6.45, 7) is 10.7. The number of imidazole rings is 1. The number of ether oxygens (including phenoxy) is 1. The van der Waals surface area contributed by atoms with Gasteiger partial charge in [0.05, 0.1) is 11.6 Å². The molecule has 8 nitrogen and oxygen atoms in total. The van der Waals surface area contributed by atoms with Crippen LogP contribution in [-0.4, -0.2) is 66.4 Å². The van der Waals surface area contributed by atoms with E-state index in [4.69, 9.17) is 15.0 Å². The summed E-state index contributed by atoms with van der Waals surface area (Å²) in [7, 11) is 1.65. The fourth-order valence-electron chi connectivity index (χ4n) is 8.57. The molecule has 6 rings (SSSR count). The molecule has 3 atom stereocenters. The largest absolute Gasteiger partial charge is 0.446 e. The van der Waals surface area contributed by atoms with Gasteiger partial charge in [-0.05, 0) is 80.9 Å². The van der Waals surface area contributed by atoms with Crippen molar-refractivity contribution in [1.29, 1.82) is 5.26 Å². The Morgan fingerprint density at radius 3 is 2.47 bits per heavy atom. The van der Waals surface area contributed by atoms with Gasteiger partial charge >= 0.3 is 6.09 Å². The highest BCUT2D eigenvalue weighted by Gasteiger charge is 2.53. The van der Waals surface area contributed by atoms with E-state index in [1.807, 2.05) is 18.3 Å². The standard InChI is InChI=1S/C37H48N6O2/c1-27(2)35-40-18-21-42(35)26-37(30-8-5-4-6-9-30,33-10-7-11-34(33)45-36(44)39-3)31-16-19-41(20-17-31)23-29-24-43(25-29)32-14-12-28(22-38)13-15-32/h4-6,8-9,12-15,18,21,27,29,31,33-34H,7,10-11,16-17,19-20,23-26H2,1-3H3,(H,39,44)/t33-,34-,37+/m0/s1. The molecule has 1 saturated carbocycles. The minimum atomic E-state index is -0.329. The van der Waals surface area contributed by atoms with Crippen molar-refractivity contribution in [3.8, 4) is 6.07 Å². The lowest BCUT2D eigenvalue weighted by Crippen LogP contribution is -2.55. The number of rotatable bonds is 10. The molecule has 2 aromatic carbocycles. The van der Waals surface area contributed by atoms with E-state index in [-0.39, 0.29) is 23.5 Å². The van der Waals surface area contributed by atoms with Gasteiger partial charge in [0.2, 0.25) is 0 Å². The van der Waals surface area contributed by atoms with E-state index in [1.54, 1.807) is 7.05 Å². The van der Waals surface area contributed by atoms with E-state index >= 15 is 0 Å². The Hall–Kier alpha value is -3.83. The molecule has 2 aliphatic heterocycles. The molecular formula is C37H48N6O2. The molecule has 1 amide bonds. The SMILES string of the molecule is CNC(=O)O[C@H]1CCC[C@@H]1[C@](Cn1ccnc1C(C)C)(c1ccccc1)C1CCN(CC2CN(c3ccc(C#N)cc3)C2)CC1. The third-order valence-corrected chi connectivity index (χ3v) is 10.7. The summed E-state index contributed by atoms with van der Waals surface area (Å²) in [6.07, 6.45) is 8.92. The Morgan fingerprint density at radius 2 is 1.80 bits per heavy atom. The molecule has 3 aromatic rings. The van der Waals surface area contributed by atoms with Gasteiger partial charge < -0.3 is 24.4 Å². The lowest BCUT2D eigenvalue weighted by atomic mass is 9.58. The molecule has 0 radical (unpaired) electrons. The normalized spacial score (nSPS) is 22.5. The third-order valence-electron chi connectivity index (χ3n) is 10.7. The van der Waals surface area contributed by atoms with Crippen molar-refractivity contribution in [2.24, 2.45) is 17.8 Å². The van der Waals surface area contributed by atoms with Crippen LogP contribution in [0.25, 0.3) is 0 Å². The monoisotopic (exact) mass is 608 g/mol. The van der Waals surface area contributed by atoms with Crippen LogP contribution in [0.3, 0.4) is 0 Å². The number of nitrogens with zero attached hydrogens (tertiary/aromatic N) is 5. The maximum absolute atomic E-state index is 12.6. The highest BCUT2D eigenvalue weighted by Crippen LogP contribution is 2.52. The van der Waals surface area contributed by atoms with Gasteiger partial charge in [0.15, 0.2) is 0 Å². The van der Waals surface area contributed by atoms with Crippen LogP contribution < -0.4 is 10.2 Å². The van der Waals surface area contributed by atoms with Gasteiger partial charge in [-0.3, -0.25) is 0 Å². The number of nitrogens with one attached hydrogen (secondary N) is 1. The van der Waals surface area contributed by atoms with Crippen molar-refractivity contribution < 1.29 is 9.53 Å². The Morgan fingerprint density at radius 1 is 1.07 bits per heavy atom. The van der Waals surface area contributed by atoms with Crippen LogP contribution in [0.2, 0.25) is 0 Å². The van der Waals surface area contributed by atoms with Gasteiger partial charge in [0.1, 0.15) is 11.9 Å². The number of likely N-dealkylation sites (tertiary alicyclic amines) is 1. The second-order valence-corrected chi connectivity index (χ2v) is 13.7. The van der Waals surface area contributed by atoms with Crippen LogP contribution in [0.15, 0.2) is 67.0 Å². The molecular weight excluding hydrogens is 560 g/mol. The van der Waals surface area contributed by atoms with Crippen molar-refractivity contribution in [2.45, 2.75) is 69.9 Å².